The van der Waals surface area contributed by atoms with Crippen LogP contribution in [0.15, 0.2) is 39.6 Å². The summed E-state index contributed by atoms with van der Waals surface area (Å²) in [4.78, 5) is 13.9. The third-order valence-electron chi connectivity index (χ3n) is 2.14. The Balaban J connectivity index is 2.65. The molecule has 0 amide bonds. The molecule has 5 heteroatoms. The molecule has 0 spiro atoms. The molecule has 1 aromatic heterocycles. The van der Waals surface area contributed by atoms with Crippen LogP contribution in [0.25, 0.3) is 11.3 Å². The second kappa shape index (κ2) is 4.09. The summed E-state index contributed by atoms with van der Waals surface area (Å²) in [5, 5.41) is 0. The molecular weight excluding hydrogens is 275 g/mol. The van der Waals surface area contributed by atoms with E-state index in [1.807, 2.05) is 0 Å². The number of aromatic amines is 1. The quantitative estimate of drug-likeness (QED) is 0.844. The lowest BCUT2D eigenvalue weighted by Crippen LogP contribution is -2.12. The predicted octanol–water partition coefficient (Wildman–Crippen LogP) is 2.53. The first-order valence-corrected chi connectivity index (χ1v) is 5.31. The Bertz CT molecular complexity index is 595. The van der Waals surface area contributed by atoms with Gasteiger partial charge in [0.1, 0.15) is 5.82 Å². The number of rotatable bonds is 1. The van der Waals surface area contributed by atoms with Crippen LogP contribution in [0, 0.1) is 5.82 Å². The van der Waals surface area contributed by atoms with Crippen molar-refractivity contribution in [2.75, 3.05) is 5.73 Å². The van der Waals surface area contributed by atoms with E-state index in [4.69, 9.17) is 5.73 Å². The number of nitrogens with one attached hydrogen (secondary N) is 1. The van der Waals surface area contributed by atoms with Crippen molar-refractivity contribution in [1.29, 1.82) is 0 Å². The summed E-state index contributed by atoms with van der Waals surface area (Å²) in [6, 6.07) is 7.46. The fourth-order valence-corrected chi connectivity index (χ4v) is 1.95. The minimum atomic E-state index is -0.387. The Labute approximate surface area is 99.2 Å². The molecule has 0 saturated heterocycles. The van der Waals surface area contributed by atoms with E-state index in [9.17, 15) is 9.18 Å². The number of pyridine rings is 1. The topological polar surface area (TPSA) is 58.9 Å². The first kappa shape index (κ1) is 10.9. The van der Waals surface area contributed by atoms with E-state index in [1.165, 1.54) is 18.2 Å². The largest absolute Gasteiger partial charge is 0.394 e. The Morgan fingerprint density at radius 1 is 1.31 bits per heavy atom. The maximum atomic E-state index is 13.0. The standard InChI is InChI=1S/C11H8BrFN2O/c12-8-5-9(14)11(16)15-10(8)6-2-1-3-7(13)4-6/h1-5H,14H2,(H,15,16). The van der Waals surface area contributed by atoms with Crippen LogP contribution in [-0.4, -0.2) is 4.98 Å². The van der Waals surface area contributed by atoms with Gasteiger partial charge in [-0.3, -0.25) is 4.79 Å². The molecule has 0 fully saturated rings. The Hall–Kier alpha value is -1.62. The fourth-order valence-electron chi connectivity index (χ4n) is 1.37. The molecule has 2 rings (SSSR count). The predicted molar refractivity (Wildman–Crippen MR) is 64.6 cm³/mol. The highest BCUT2D eigenvalue weighted by molar-refractivity contribution is 9.10. The van der Waals surface area contributed by atoms with E-state index in [2.05, 4.69) is 20.9 Å². The average molecular weight is 283 g/mol. The van der Waals surface area contributed by atoms with E-state index in [1.54, 1.807) is 12.1 Å². The Morgan fingerprint density at radius 2 is 2.06 bits per heavy atom. The van der Waals surface area contributed by atoms with E-state index < -0.39 is 0 Å². The summed E-state index contributed by atoms with van der Waals surface area (Å²) in [5.41, 5.74) is 6.28. The zero-order valence-corrected chi connectivity index (χ0v) is 9.71. The molecule has 0 aliphatic rings. The molecule has 0 atom stereocenters. The maximum Gasteiger partial charge on any atom is 0.271 e. The van der Waals surface area contributed by atoms with Crippen molar-refractivity contribution < 1.29 is 4.39 Å². The number of aromatic nitrogens is 1. The second-order valence-electron chi connectivity index (χ2n) is 3.29. The van der Waals surface area contributed by atoms with Crippen LogP contribution in [0.3, 0.4) is 0 Å². The molecule has 0 unspecified atom stereocenters. The minimum absolute atomic E-state index is 0.118. The van der Waals surface area contributed by atoms with E-state index in [0.29, 0.717) is 15.7 Å². The Morgan fingerprint density at radius 3 is 2.75 bits per heavy atom. The number of anilines is 1. The van der Waals surface area contributed by atoms with Crippen LogP contribution in [0.2, 0.25) is 0 Å². The molecule has 3 nitrogen and oxygen atoms in total. The van der Waals surface area contributed by atoms with Crippen molar-refractivity contribution in [2.45, 2.75) is 0 Å². The maximum absolute atomic E-state index is 13.0. The fraction of sp³-hybridized carbons (Fsp3) is 0. The summed E-state index contributed by atoms with van der Waals surface area (Å²) in [6.45, 7) is 0. The molecule has 0 radical (unpaired) electrons. The lowest BCUT2D eigenvalue weighted by molar-refractivity contribution is 0.628. The molecule has 0 bridgehead atoms. The third-order valence-corrected chi connectivity index (χ3v) is 2.76. The lowest BCUT2D eigenvalue weighted by atomic mass is 10.1. The van der Waals surface area contributed by atoms with Gasteiger partial charge in [0.15, 0.2) is 0 Å². The summed E-state index contributed by atoms with van der Waals surface area (Å²) >= 11 is 3.27. The van der Waals surface area contributed by atoms with Gasteiger partial charge in [-0.1, -0.05) is 12.1 Å². The highest BCUT2D eigenvalue weighted by atomic mass is 79.9. The molecular formula is C11H8BrFN2O. The smallest absolute Gasteiger partial charge is 0.271 e. The monoisotopic (exact) mass is 282 g/mol. The molecule has 3 N–H and O–H groups in total. The number of H-pyrrole nitrogens is 1. The zero-order valence-electron chi connectivity index (χ0n) is 8.13. The van der Waals surface area contributed by atoms with Crippen molar-refractivity contribution in [3.05, 3.63) is 51.0 Å². The molecule has 1 aromatic carbocycles. The van der Waals surface area contributed by atoms with E-state index >= 15 is 0 Å². The Kier molecular flexibility index (Phi) is 2.78. The highest BCUT2D eigenvalue weighted by Crippen LogP contribution is 2.26. The third kappa shape index (κ3) is 1.99. The first-order valence-electron chi connectivity index (χ1n) is 4.52. The van der Waals surface area contributed by atoms with Crippen LogP contribution >= 0.6 is 15.9 Å². The summed E-state index contributed by atoms with van der Waals surface area (Å²) in [7, 11) is 0. The highest BCUT2D eigenvalue weighted by Gasteiger charge is 2.07. The van der Waals surface area contributed by atoms with Crippen molar-refractivity contribution in [3.8, 4) is 11.3 Å². The van der Waals surface area contributed by atoms with Crippen LogP contribution in [0.4, 0.5) is 10.1 Å². The van der Waals surface area contributed by atoms with Gasteiger partial charge in [0.05, 0.1) is 11.4 Å². The van der Waals surface area contributed by atoms with Gasteiger partial charge in [-0.05, 0) is 34.1 Å². The first-order chi connectivity index (χ1) is 7.58. The van der Waals surface area contributed by atoms with Crippen molar-refractivity contribution >= 4 is 21.6 Å². The van der Waals surface area contributed by atoms with Gasteiger partial charge in [-0.25, -0.2) is 4.39 Å². The van der Waals surface area contributed by atoms with E-state index in [0.717, 1.165) is 0 Å². The van der Waals surface area contributed by atoms with Crippen LogP contribution < -0.4 is 11.3 Å². The summed E-state index contributed by atoms with van der Waals surface area (Å²) in [5.74, 6) is -0.359. The van der Waals surface area contributed by atoms with Gasteiger partial charge in [0, 0.05) is 10.0 Å². The van der Waals surface area contributed by atoms with Gasteiger partial charge in [0.2, 0.25) is 0 Å². The van der Waals surface area contributed by atoms with Crippen molar-refractivity contribution in [3.63, 3.8) is 0 Å². The van der Waals surface area contributed by atoms with Gasteiger partial charge < -0.3 is 10.7 Å². The minimum Gasteiger partial charge on any atom is -0.394 e. The molecule has 0 saturated carbocycles. The molecule has 16 heavy (non-hydrogen) atoms. The number of halogens is 2. The SMILES string of the molecule is Nc1cc(Br)c(-c2cccc(F)c2)[nH]c1=O. The second-order valence-corrected chi connectivity index (χ2v) is 4.14. The van der Waals surface area contributed by atoms with Gasteiger partial charge >= 0.3 is 0 Å². The summed E-state index contributed by atoms with van der Waals surface area (Å²) in [6.07, 6.45) is 0. The molecule has 82 valence electrons. The van der Waals surface area contributed by atoms with Gasteiger partial charge in [0.25, 0.3) is 5.56 Å². The number of benzene rings is 1. The van der Waals surface area contributed by atoms with E-state index in [-0.39, 0.29) is 17.1 Å². The molecule has 1 heterocycles. The van der Waals surface area contributed by atoms with Crippen LogP contribution in [0.5, 0.6) is 0 Å². The van der Waals surface area contributed by atoms with Crippen LogP contribution in [-0.2, 0) is 0 Å². The molecule has 0 aliphatic heterocycles. The van der Waals surface area contributed by atoms with Crippen LogP contribution in [0.1, 0.15) is 0 Å². The van der Waals surface area contributed by atoms with Crippen molar-refractivity contribution in [1.82, 2.24) is 4.98 Å². The summed E-state index contributed by atoms with van der Waals surface area (Å²) < 4.78 is 13.7. The molecule has 2 aromatic rings. The van der Waals surface area contributed by atoms with Gasteiger partial charge in [-0.15, -0.1) is 0 Å². The zero-order chi connectivity index (χ0) is 11.7. The van der Waals surface area contributed by atoms with Crippen molar-refractivity contribution in [2.24, 2.45) is 0 Å². The average Bonchev–Trinajstić information content (AvgIpc) is 2.23. The van der Waals surface area contributed by atoms with Gasteiger partial charge in [-0.2, -0.15) is 0 Å². The molecule has 0 aliphatic carbocycles. The number of nitrogens with two attached hydrogens (primary N) is 1. The normalized spacial score (nSPS) is 10.4. The number of hydrogen-bond acceptors (Lipinski definition) is 2. The number of nitrogen functional groups attached to an aromatic ring is 1. The number of hydrogen-bond donors (Lipinski definition) is 2. The lowest BCUT2D eigenvalue weighted by Gasteiger charge is -2.05.